The zero-order valence-corrected chi connectivity index (χ0v) is 15.7. The van der Waals surface area contributed by atoms with Crippen molar-refractivity contribution in [2.24, 2.45) is 13.0 Å². The first kappa shape index (κ1) is 18.6. The first-order chi connectivity index (χ1) is 12.5. The number of nitriles is 1. The van der Waals surface area contributed by atoms with Crippen molar-refractivity contribution < 1.29 is 4.39 Å². The molecule has 1 aromatic carbocycles. The fourth-order valence-corrected chi connectivity index (χ4v) is 4.10. The summed E-state index contributed by atoms with van der Waals surface area (Å²) in [6, 6.07) is 7.08. The predicted octanol–water partition coefficient (Wildman–Crippen LogP) is 2.95. The molecule has 0 saturated carbocycles. The fourth-order valence-electron chi connectivity index (χ4n) is 4.10. The molecule has 6 heteroatoms. The third-order valence-corrected chi connectivity index (χ3v) is 5.22. The summed E-state index contributed by atoms with van der Waals surface area (Å²) in [4.78, 5) is 4.69. The quantitative estimate of drug-likeness (QED) is 0.827. The lowest BCUT2D eigenvalue weighted by Crippen LogP contribution is -2.40. The molecule has 0 aliphatic carbocycles. The number of benzene rings is 1. The van der Waals surface area contributed by atoms with Gasteiger partial charge in [0.1, 0.15) is 11.9 Å². The lowest BCUT2D eigenvalue weighted by atomic mass is 9.85. The van der Waals surface area contributed by atoms with E-state index in [4.69, 9.17) is 5.26 Å². The van der Waals surface area contributed by atoms with Gasteiger partial charge in [-0.2, -0.15) is 10.4 Å². The Balaban J connectivity index is 1.70. The first-order valence-corrected chi connectivity index (χ1v) is 9.03. The summed E-state index contributed by atoms with van der Waals surface area (Å²) in [7, 11) is 6.22. The average molecular weight is 355 g/mol. The van der Waals surface area contributed by atoms with Gasteiger partial charge < -0.3 is 4.90 Å². The SMILES string of the molecule is CN(Cc1ccc(F)c(C#N)c1)C[C@@H]1CCCN(C)[C@H]1c1cnn(C)c1. The van der Waals surface area contributed by atoms with E-state index in [-0.39, 0.29) is 5.56 Å². The van der Waals surface area contributed by atoms with Crippen molar-refractivity contribution in [2.45, 2.75) is 25.4 Å². The van der Waals surface area contributed by atoms with Gasteiger partial charge in [0.05, 0.1) is 11.8 Å². The maximum Gasteiger partial charge on any atom is 0.140 e. The molecule has 3 rings (SSSR count). The molecule has 1 fully saturated rings. The molecular formula is C20H26FN5. The summed E-state index contributed by atoms with van der Waals surface area (Å²) in [6.45, 7) is 2.75. The molecule has 0 radical (unpaired) electrons. The van der Waals surface area contributed by atoms with Crippen LogP contribution in [-0.2, 0) is 13.6 Å². The van der Waals surface area contributed by atoms with Gasteiger partial charge in [-0.05, 0) is 57.1 Å². The number of aryl methyl sites for hydroxylation is 1. The van der Waals surface area contributed by atoms with E-state index in [1.54, 1.807) is 12.1 Å². The number of piperidine rings is 1. The topological polar surface area (TPSA) is 48.1 Å². The number of nitrogens with zero attached hydrogens (tertiary/aromatic N) is 5. The van der Waals surface area contributed by atoms with E-state index in [9.17, 15) is 4.39 Å². The monoisotopic (exact) mass is 355 g/mol. The molecule has 1 aliphatic heterocycles. The van der Waals surface area contributed by atoms with Crippen LogP contribution < -0.4 is 0 Å². The Kier molecular flexibility index (Phi) is 5.70. The van der Waals surface area contributed by atoms with Crippen molar-refractivity contribution in [3.8, 4) is 6.07 Å². The van der Waals surface area contributed by atoms with Gasteiger partial charge in [-0.25, -0.2) is 4.39 Å². The van der Waals surface area contributed by atoms with Crippen molar-refractivity contribution >= 4 is 0 Å². The largest absolute Gasteiger partial charge is 0.302 e. The Bertz CT molecular complexity index is 794. The van der Waals surface area contributed by atoms with Crippen molar-refractivity contribution in [1.29, 1.82) is 5.26 Å². The molecule has 1 aromatic heterocycles. The molecule has 1 saturated heterocycles. The van der Waals surface area contributed by atoms with Crippen molar-refractivity contribution in [3.05, 3.63) is 53.1 Å². The minimum atomic E-state index is -0.454. The summed E-state index contributed by atoms with van der Waals surface area (Å²) >= 11 is 0. The summed E-state index contributed by atoms with van der Waals surface area (Å²) in [6.07, 6.45) is 6.46. The molecule has 1 aliphatic rings. The second-order valence-corrected chi connectivity index (χ2v) is 7.40. The molecule has 5 nitrogen and oxygen atoms in total. The summed E-state index contributed by atoms with van der Waals surface area (Å²) < 4.78 is 15.4. The fraction of sp³-hybridized carbons (Fsp3) is 0.500. The predicted molar refractivity (Wildman–Crippen MR) is 98.8 cm³/mol. The van der Waals surface area contributed by atoms with Crippen molar-refractivity contribution in [3.63, 3.8) is 0 Å². The van der Waals surface area contributed by atoms with Gasteiger partial charge in [0, 0.05) is 37.9 Å². The van der Waals surface area contributed by atoms with Gasteiger partial charge in [-0.3, -0.25) is 9.58 Å². The smallest absolute Gasteiger partial charge is 0.140 e. The van der Waals surface area contributed by atoms with E-state index in [2.05, 4.69) is 35.2 Å². The van der Waals surface area contributed by atoms with Gasteiger partial charge in [0.2, 0.25) is 0 Å². The maximum absolute atomic E-state index is 13.5. The number of hydrogen-bond acceptors (Lipinski definition) is 4. The number of rotatable bonds is 5. The van der Waals surface area contributed by atoms with E-state index in [1.807, 2.05) is 24.0 Å². The number of hydrogen-bond donors (Lipinski definition) is 0. The van der Waals surface area contributed by atoms with Crippen LogP contribution in [0.3, 0.4) is 0 Å². The van der Waals surface area contributed by atoms with E-state index >= 15 is 0 Å². The zero-order chi connectivity index (χ0) is 18.7. The highest BCUT2D eigenvalue weighted by Crippen LogP contribution is 2.35. The Morgan fingerprint density at radius 3 is 2.88 bits per heavy atom. The Hall–Kier alpha value is -2.23. The minimum absolute atomic E-state index is 0.113. The third-order valence-electron chi connectivity index (χ3n) is 5.22. The van der Waals surface area contributed by atoms with Crippen LogP contribution in [0, 0.1) is 23.1 Å². The lowest BCUT2D eigenvalue weighted by Gasteiger charge is -2.40. The lowest BCUT2D eigenvalue weighted by molar-refractivity contribution is 0.0926. The van der Waals surface area contributed by atoms with Gasteiger partial charge in [-0.15, -0.1) is 0 Å². The molecular weight excluding hydrogens is 329 g/mol. The van der Waals surface area contributed by atoms with Crippen LogP contribution >= 0.6 is 0 Å². The summed E-state index contributed by atoms with van der Waals surface area (Å²) in [5.41, 5.74) is 2.34. The number of halogens is 1. The molecule has 0 spiro atoms. The highest BCUT2D eigenvalue weighted by atomic mass is 19.1. The number of aromatic nitrogens is 2. The zero-order valence-electron chi connectivity index (χ0n) is 15.7. The Morgan fingerprint density at radius 1 is 1.38 bits per heavy atom. The van der Waals surface area contributed by atoms with Gasteiger partial charge in [0.25, 0.3) is 0 Å². The van der Waals surface area contributed by atoms with Crippen molar-refractivity contribution in [2.75, 3.05) is 27.2 Å². The molecule has 0 unspecified atom stereocenters. The average Bonchev–Trinajstić information content (AvgIpc) is 3.02. The van der Waals surface area contributed by atoms with Gasteiger partial charge in [-0.1, -0.05) is 6.07 Å². The molecule has 0 N–H and O–H groups in total. The highest BCUT2D eigenvalue weighted by Gasteiger charge is 2.32. The number of likely N-dealkylation sites (tertiary alicyclic amines) is 1. The molecule has 0 amide bonds. The minimum Gasteiger partial charge on any atom is -0.302 e. The van der Waals surface area contributed by atoms with E-state index in [1.165, 1.54) is 24.5 Å². The maximum atomic E-state index is 13.5. The molecule has 2 aromatic rings. The Labute approximate surface area is 154 Å². The molecule has 26 heavy (non-hydrogen) atoms. The van der Waals surface area contributed by atoms with Crippen LogP contribution in [0.4, 0.5) is 4.39 Å². The first-order valence-electron chi connectivity index (χ1n) is 9.03. The van der Waals surface area contributed by atoms with Crippen LogP contribution in [0.5, 0.6) is 0 Å². The summed E-state index contributed by atoms with van der Waals surface area (Å²) in [5, 5.41) is 13.4. The van der Waals surface area contributed by atoms with Crippen molar-refractivity contribution in [1.82, 2.24) is 19.6 Å². The van der Waals surface area contributed by atoms with Gasteiger partial charge in [0.15, 0.2) is 0 Å². The molecule has 0 bridgehead atoms. The van der Waals surface area contributed by atoms with Gasteiger partial charge >= 0.3 is 0 Å². The van der Waals surface area contributed by atoms with E-state index in [0.29, 0.717) is 18.5 Å². The summed E-state index contributed by atoms with van der Waals surface area (Å²) in [5.74, 6) is 0.0586. The third kappa shape index (κ3) is 4.12. The van der Waals surface area contributed by atoms with Crippen LogP contribution in [0.15, 0.2) is 30.6 Å². The second-order valence-electron chi connectivity index (χ2n) is 7.40. The Morgan fingerprint density at radius 2 is 2.19 bits per heavy atom. The second kappa shape index (κ2) is 7.98. The van der Waals surface area contributed by atoms with Crippen LogP contribution in [-0.4, -0.2) is 46.8 Å². The van der Waals surface area contributed by atoms with Crippen LogP contribution in [0.2, 0.25) is 0 Å². The van der Waals surface area contributed by atoms with E-state index < -0.39 is 5.82 Å². The standard InChI is InChI=1S/C20H26FN5/c1-24(12-15-6-7-19(21)17(9-15)10-22)13-16-5-4-8-25(2)20(16)18-11-23-26(3)14-18/h6-7,9,11,14,16,20H,4-5,8,12-13H2,1-3H3/t16-,20+/m0/s1. The van der Waals surface area contributed by atoms with Crippen LogP contribution in [0.25, 0.3) is 0 Å². The molecule has 2 atom stereocenters. The molecule has 2 heterocycles. The van der Waals surface area contributed by atoms with E-state index in [0.717, 1.165) is 18.7 Å². The normalized spacial score (nSPS) is 21.1. The highest BCUT2D eigenvalue weighted by molar-refractivity contribution is 5.34. The molecule has 138 valence electrons. The van der Waals surface area contributed by atoms with Crippen LogP contribution in [0.1, 0.15) is 35.6 Å².